The molecule has 4 heteroatoms. The molecule has 21 heavy (non-hydrogen) atoms. The van der Waals surface area contributed by atoms with Crippen molar-refractivity contribution < 1.29 is 9.53 Å². The highest BCUT2D eigenvalue weighted by molar-refractivity contribution is 6.35. The summed E-state index contributed by atoms with van der Waals surface area (Å²) in [5.74, 6) is 0.0417. The Morgan fingerprint density at radius 1 is 1.29 bits per heavy atom. The molecule has 2 atom stereocenters. The highest BCUT2D eigenvalue weighted by Gasteiger charge is 2.26. The number of hydrogen-bond acceptors (Lipinski definition) is 3. The SMILES string of the molecule is CC1CCCCC1OC(=O)c1cc(Cl)c2ccccc2n1. The van der Waals surface area contributed by atoms with Crippen LogP contribution in [0.1, 0.15) is 43.1 Å². The Morgan fingerprint density at radius 3 is 2.86 bits per heavy atom. The molecule has 2 aromatic rings. The van der Waals surface area contributed by atoms with Crippen LogP contribution in [0.3, 0.4) is 0 Å². The van der Waals surface area contributed by atoms with Crippen LogP contribution in [-0.2, 0) is 4.74 Å². The maximum Gasteiger partial charge on any atom is 0.357 e. The van der Waals surface area contributed by atoms with Crippen molar-refractivity contribution in [1.82, 2.24) is 4.98 Å². The number of benzene rings is 1. The quantitative estimate of drug-likeness (QED) is 0.760. The van der Waals surface area contributed by atoms with Crippen molar-refractivity contribution in [2.75, 3.05) is 0 Å². The minimum absolute atomic E-state index is 0.00158. The second kappa shape index (κ2) is 6.02. The molecule has 1 aliphatic carbocycles. The zero-order chi connectivity index (χ0) is 14.8. The lowest BCUT2D eigenvalue weighted by atomic mass is 9.88. The predicted octanol–water partition coefficient (Wildman–Crippen LogP) is 4.62. The van der Waals surface area contributed by atoms with E-state index in [2.05, 4.69) is 11.9 Å². The number of para-hydroxylation sites is 1. The minimum Gasteiger partial charge on any atom is -0.457 e. The lowest BCUT2D eigenvalue weighted by Gasteiger charge is -2.28. The summed E-state index contributed by atoms with van der Waals surface area (Å²) in [5.41, 5.74) is 1.00. The molecule has 1 saturated carbocycles. The summed E-state index contributed by atoms with van der Waals surface area (Å²) in [6.07, 6.45) is 4.39. The first-order valence-electron chi connectivity index (χ1n) is 7.41. The van der Waals surface area contributed by atoms with E-state index < -0.39 is 0 Å². The molecule has 0 saturated heterocycles. The molecule has 110 valence electrons. The number of halogens is 1. The molecular weight excluding hydrogens is 286 g/mol. The topological polar surface area (TPSA) is 39.2 Å². The van der Waals surface area contributed by atoms with Gasteiger partial charge < -0.3 is 4.74 Å². The van der Waals surface area contributed by atoms with Crippen LogP contribution < -0.4 is 0 Å². The highest BCUT2D eigenvalue weighted by atomic mass is 35.5. The molecule has 1 aromatic carbocycles. The average Bonchev–Trinajstić information content (AvgIpc) is 2.49. The van der Waals surface area contributed by atoms with Crippen LogP contribution in [-0.4, -0.2) is 17.1 Å². The van der Waals surface area contributed by atoms with Gasteiger partial charge in [0.05, 0.1) is 10.5 Å². The third kappa shape index (κ3) is 3.03. The van der Waals surface area contributed by atoms with Gasteiger partial charge in [-0.05, 0) is 37.3 Å². The predicted molar refractivity (Wildman–Crippen MR) is 83.6 cm³/mol. The van der Waals surface area contributed by atoms with E-state index >= 15 is 0 Å². The Bertz CT molecular complexity index is 671. The first-order chi connectivity index (χ1) is 10.1. The molecule has 0 amide bonds. The lowest BCUT2D eigenvalue weighted by Crippen LogP contribution is -2.28. The van der Waals surface area contributed by atoms with Gasteiger partial charge in [0, 0.05) is 5.39 Å². The Labute approximate surface area is 129 Å². The Kier molecular flexibility index (Phi) is 4.11. The fraction of sp³-hybridized carbons (Fsp3) is 0.412. The van der Waals surface area contributed by atoms with E-state index in [1.54, 1.807) is 6.07 Å². The van der Waals surface area contributed by atoms with Gasteiger partial charge in [0.2, 0.25) is 0 Å². The second-order valence-corrected chi connectivity index (χ2v) is 6.12. The number of rotatable bonds is 2. The van der Waals surface area contributed by atoms with Gasteiger partial charge in [0.1, 0.15) is 6.10 Å². The first kappa shape index (κ1) is 14.3. The van der Waals surface area contributed by atoms with Crippen molar-refractivity contribution in [3.63, 3.8) is 0 Å². The lowest BCUT2D eigenvalue weighted by molar-refractivity contribution is 0.00424. The van der Waals surface area contributed by atoms with Gasteiger partial charge in [-0.1, -0.05) is 43.1 Å². The van der Waals surface area contributed by atoms with Crippen molar-refractivity contribution in [3.8, 4) is 0 Å². The zero-order valence-electron chi connectivity index (χ0n) is 12.0. The summed E-state index contributed by atoms with van der Waals surface area (Å²) < 4.78 is 5.63. The number of ether oxygens (including phenoxy) is 1. The number of hydrogen-bond donors (Lipinski definition) is 0. The molecule has 0 bridgehead atoms. The molecule has 2 unspecified atom stereocenters. The molecule has 1 aliphatic rings. The molecule has 0 N–H and O–H groups in total. The fourth-order valence-electron chi connectivity index (χ4n) is 2.89. The summed E-state index contributed by atoms with van der Waals surface area (Å²) >= 11 is 6.23. The summed E-state index contributed by atoms with van der Waals surface area (Å²) in [6.45, 7) is 2.14. The number of pyridine rings is 1. The number of nitrogens with zero attached hydrogens (tertiary/aromatic N) is 1. The van der Waals surface area contributed by atoms with Crippen LogP contribution in [0.15, 0.2) is 30.3 Å². The largest absolute Gasteiger partial charge is 0.457 e. The normalized spacial score (nSPS) is 22.2. The maximum atomic E-state index is 12.3. The van der Waals surface area contributed by atoms with Crippen LogP contribution in [0.4, 0.5) is 0 Å². The molecular formula is C17H18ClNO2. The smallest absolute Gasteiger partial charge is 0.357 e. The number of fused-ring (bicyclic) bond motifs is 1. The van der Waals surface area contributed by atoms with Crippen molar-refractivity contribution in [1.29, 1.82) is 0 Å². The molecule has 3 nitrogen and oxygen atoms in total. The fourth-order valence-corrected chi connectivity index (χ4v) is 3.16. The third-order valence-corrected chi connectivity index (χ3v) is 4.48. The van der Waals surface area contributed by atoms with Crippen LogP contribution in [0.2, 0.25) is 5.02 Å². The van der Waals surface area contributed by atoms with E-state index in [4.69, 9.17) is 16.3 Å². The highest BCUT2D eigenvalue weighted by Crippen LogP contribution is 2.28. The summed E-state index contributed by atoms with van der Waals surface area (Å²) in [6, 6.07) is 9.12. The van der Waals surface area contributed by atoms with E-state index in [1.165, 1.54) is 6.42 Å². The maximum absolute atomic E-state index is 12.3. The Balaban J connectivity index is 1.84. The number of carbonyl (C=O) groups excluding carboxylic acids is 1. The number of carbonyl (C=O) groups is 1. The molecule has 0 aliphatic heterocycles. The molecule has 3 rings (SSSR count). The van der Waals surface area contributed by atoms with Crippen LogP contribution in [0.25, 0.3) is 10.9 Å². The third-order valence-electron chi connectivity index (χ3n) is 4.17. The van der Waals surface area contributed by atoms with Crippen molar-refractivity contribution in [2.45, 2.75) is 38.7 Å². The van der Waals surface area contributed by atoms with Gasteiger partial charge in [-0.2, -0.15) is 0 Å². The van der Waals surface area contributed by atoms with Crippen LogP contribution in [0.5, 0.6) is 0 Å². The summed E-state index contributed by atoms with van der Waals surface area (Å²) in [4.78, 5) is 16.7. The van der Waals surface area contributed by atoms with Crippen LogP contribution >= 0.6 is 11.6 Å². The Morgan fingerprint density at radius 2 is 2.05 bits per heavy atom. The van der Waals surface area contributed by atoms with Gasteiger partial charge in [-0.15, -0.1) is 0 Å². The summed E-state index contributed by atoms with van der Waals surface area (Å²) in [5, 5.41) is 1.38. The van der Waals surface area contributed by atoms with E-state index in [0.29, 0.717) is 16.5 Å². The van der Waals surface area contributed by atoms with E-state index in [9.17, 15) is 4.79 Å². The molecule has 0 spiro atoms. The van der Waals surface area contributed by atoms with Gasteiger partial charge >= 0.3 is 5.97 Å². The molecule has 1 aromatic heterocycles. The summed E-state index contributed by atoms with van der Waals surface area (Å²) in [7, 11) is 0. The van der Waals surface area contributed by atoms with Crippen molar-refractivity contribution in [2.24, 2.45) is 5.92 Å². The molecule has 1 fully saturated rings. The van der Waals surface area contributed by atoms with E-state index in [0.717, 1.165) is 24.6 Å². The van der Waals surface area contributed by atoms with Gasteiger partial charge in [0.25, 0.3) is 0 Å². The average molecular weight is 304 g/mol. The molecule has 0 radical (unpaired) electrons. The molecule has 1 heterocycles. The van der Waals surface area contributed by atoms with E-state index in [-0.39, 0.29) is 17.8 Å². The van der Waals surface area contributed by atoms with Crippen molar-refractivity contribution in [3.05, 3.63) is 41.0 Å². The zero-order valence-corrected chi connectivity index (χ0v) is 12.8. The standard InChI is InChI=1S/C17H18ClNO2/c1-11-6-2-5-9-16(11)21-17(20)15-10-13(18)12-7-3-4-8-14(12)19-15/h3-4,7-8,10-11,16H,2,5-6,9H2,1H3. The minimum atomic E-state index is -0.374. The Hall–Kier alpha value is -1.61. The van der Waals surface area contributed by atoms with Crippen molar-refractivity contribution >= 4 is 28.5 Å². The van der Waals surface area contributed by atoms with Crippen LogP contribution in [0, 0.1) is 5.92 Å². The van der Waals surface area contributed by atoms with Gasteiger partial charge in [0.15, 0.2) is 5.69 Å². The monoisotopic (exact) mass is 303 g/mol. The van der Waals surface area contributed by atoms with Gasteiger partial charge in [-0.3, -0.25) is 0 Å². The second-order valence-electron chi connectivity index (χ2n) is 5.71. The van der Waals surface area contributed by atoms with Gasteiger partial charge in [-0.25, -0.2) is 9.78 Å². The number of esters is 1. The van der Waals surface area contributed by atoms with E-state index in [1.807, 2.05) is 24.3 Å². The number of aromatic nitrogens is 1. The first-order valence-corrected chi connectivity index (χ1v) is 7.79.